The number of methoxy groups -OCH3 is 1. The lowest BCUT2D eigenvalue weighted by Gasteiger charge is -2.12. The number of hydrogen-bond acceptors (Lipinski definition) is 5. The summed E-state index contributed by atoms with van der Waals surface area (Å²) >= 11 is 0. The zero-order valence-electron chi connectivity index (χ0n) is 11.6. The maximum absolute atomic E-state index is 12.0. The highest BCUT2D eigenvalue weighted by molar-refractivity contribution is 5.92. The molecular weight excluding hydrogens is 260 g/mol. The molecule has 0 atom stereocenters. The van der Waals surface area contributed by atoms with E-state index in [4.69, 9.17) is 9.15 Å². The SMILES string of the molecule is COc1ccc2c(O)cc(=O)oc2c1CC(=O)C(C)C. The fourth-order valence-corrected chi connectivity index (χ4v) is 1.98. The summed E-state index contributed by atoms with van der Waals surface area (Å²) in [5.41, 5.74) is 0.0153. The average molecular weight is 276 g/mol. The summed E-state index contributed by atoms with van der Waals surface area (Å²) in [6.07, 6.45) is 0.0879. The van der Waals surface area contributed by atoms with Crippen molar-refractivity contribution < 1.29 is 19.1 Å². The predicted octanol–water partition coefficient (Wildman–Crippen LogP) is 2.27. The molecule has 1 heterocycles. The summed E-state index contributed by atoms with van der Waals surface area (Å²) in [4.78, 5) is 23.4. The molecule has 0 saturated heterocycles. The van der Waals surface area contributed by atoms with Crippen LogP contribution in [0.2, 0.25) is 0 Å². The monoisotopic (exact) mass is 276 g/mol. The van der Waals surface area contributed by atoms with E-state index in [1.807, 2.05) is 0 Å². The van der Waals surface area contributed by atoms with E-state index in [1.165, 1.54) is 7.11 Å². The van der Waals surface area contributed by atoms with Gasteiger partial charge >= 0.3 is 5.63 Å². The van der Waals surface area contributed by atoms with Gasteiger partial charge in [-0.25, -0.2) is 4.79 Å². The molecule has 2 rings (SSSR count). The van der Waals surface area contributed by atoms with Crippen LogP contribution in [0.25, 0.3) is 11.0 Å². The molecule has 0 aliphatic heterocycles. The normalized spacial score (nSPS) is 11.0. The Morgan fingerprint density at radius 2 is 2.10 bits per heavy atom. The molecule has 5 heteroatoms. The minimum absolute atomic E-state index is 0.00166. The molecule has 106 valence electrons. The molecule has 5 nitrogen and oxygen atoms in total. The van der Waals surface area contributed by atoms with Gasteiger partial charge in [-0.1, -0.05) is 13.8 Å². The van der Waals surface area contributed by atoms with Crippen LogP contribution in [-0.4, -0.2) is 18.0 Å². The molecule has 1 aromatic heterocycles. The van der Waals surface area contributed by atoms with Gasteiger partial charge in [0.05, 0.1) is 18.6 Å². The van der Waals surface area contributed by atoms with Crippen LogP contribution in [0.4, 0.5) is 0 Å². The van der Waals surface area contributed by atoms with Crippen molar-refractivity contribution >= 4 is 16.8 Å². The topological polar surface area (TPSA) is 76.7 Å². The molecule has 1 aromatic carbocycles. The first-order chi connectivity index (χ1) is 9.43. The highest BCUT2D eigenvalue weighted by Crippen LogP contribution is 2.32. The van der Waals surface area contributed by atoms with Crippen LogP contribution in [0, 0.1) is 5.92 Å². The maximum Gasteiger partial charge on any atom is 0.339 e. The number of ketones is 1. The second-order valence-corrected chi connectivity index (χ2v) is 4.87. The van der Waals surface area contributed by atoms with Crippen molar-refractivity contribution in [1.29, 1.82) is 0 Å². The lowest BCUT2D eigenvalue weighted by Crippen LogP contribution is -2.12. The molecule has 0 fully saturated rings. The number of aromatic hydroxyl groups is 1. The molecule has 0 unspecified atom stereocenters. The van der Waals surface area contributed by atoms with Gasteiger partial charge in [-0.05, 0) is 12.1 Å². The van der Waals surface area contributed by atoms with E-state index >= 15 is 0 Å². The van der Waals surface area contributed by atoms with Gasteiger partial charge in [0.15, 0.2) is 0 Å². The molecule has 0 aliphatic rings. The third-order valence-corrected chi connectivity index (χ3v) is 3.17. The Balaban J connectivity index is 2.71. The largest absolute Gasteiger partial charge is 0.507 e. The number of hydrogen-bond donors (Lipinski definition) is 1. The number of rotatable bonds is 4. The van der Waals surface area contributed by atoms with E-state index in [-0.39, 0.29) is 29.5 Å². The van der Waals surface area contributed by atoms with Crippen molar-refractivity contribution in [3.05, 3.63) is 34.2 Å². The molecule has 20 heavy (non-hydrogen) atoms. The molecule has 0 aliphatic carbocycles. The van der Waals surface area contributed by atoms with Crippen LogP contribution >= 0.6 is 0 Å². The Morgan fingerprint density at radius 3 is 2.70 bits per heavy atom. The van der Waals surface area contributed by atoms with Crippen molar-refractivity contribution in [2.24, 2.45) is 5.92 Å². The third kappa shape index (κ3) is 2.52. The molecule has 0 saturated carbocycles. The van der Waals surface area contributed by atoms with Crippen LogP contribution in [-0.2, 0) is 11.2 Å². The number of ether oxygens (including phenoxy) is 1. The van der Waals surface area contributed by atoms with Crippen molar-refractivity contribution in [3.63, 3.8) is 0 Å². The average Bonchev–Trinajstić information content (AvgIpc) is 2.39. The highest BCUT2D eigenvalue weighted by atomic mass is 16.5. The van der Waals surface area contributed by atoms with Gasteiger partial charge < -0.3 is 14.3 Å². The quantitative estimate of drug-likeness (QED) is 0.867. The first-order valence-electron chi connectivity index (χ1n) is 6.29. The first kappa shape index (κ1) is 14.1. The number of fused-ring (bicyclic) bond motifs is 1. The van der Waals surface area contributed by atoms with Crippen LogP contribution in [0.15, 0.2) is 27.4 Å². The number of benzene rings is 1. The van der Waals surface area contributed by atoms with Gasteiger partial charge in [0, 0.05) is 17.9 Å². The van der Waals surface area contributed by atoms with Gasteiger partial charge in [-0.15, -0.1) is 0 Å². The van der Waals surface area contributed by atoms with Gasteiger partial charge in [0.2, 0.25) is 0 Å². The maximum atomic E-state index is 12.0. The molecule has 1 N–H and O–H groups in total. The molecule has 0 bridgehead atoms. The fourth-order valence-electron chi connectivity index (χ4n) is 1.98. The zero-order chi connectivity index (χ0) is 14.9. The van der Waals surface area contributed by atoms with E-state index in [0.717, 1.165) is 6.07 Å². The summed E-state index contributed by atoms with van der Waals surface area (Å²) in [5.74, 6) is 0.151. The second-order valence-electron chi connectivity index (χ2n) is 4.87. The highest BCUT2D eigenvalue weighted by Gasteiger charge is 2.18. The molecule has 0 amide bonds. The van der Waals surface area contributed by atoms with Crippen molar-refractivity contribution in [2.45, 2.75) is 20.3 Å². The van der Waals surface area contributed by atoms with E-state index in [9.17, 15) is 14.7 Å². The summed E-state index contributed by atoms with van der Waals surface area (Å²) in [6.45, 7) is 3.60. The Kier molecular flexibility index (Phi) is 3.79. The van der Waals surface area contributed by atoms with E-state index in [2.05, 4.69) is 0 Å². The lowest BCUT2D eigenvalue weighted by molar-refractivity contribution is -0.121. The first-order valence-corrected chi connectivity index (χ1v) is 6.29. The molecule has 0 spiro atoms. The minimum atomic E-state index is -0.665. The van der Waals surface area contributed by atoms with Crippen molar-refractivity contribution in [3.8, 4) is 11.5 Å². The van der Waals surface area contributed by atoms with Gasteiger partial charge in [-0.2, -0.15) is 0 Å². The Labute approximate surface area is 115 Å². The summed E-state index contributed by atoms with van der Waals surface area (Å²) in [6, 6.07) is 4.24. The van der Waals surface area contributed by atoms with Crippen LogP contribution < -0.4 is 10.4 Å². The molecule has 2 aromatic rings. The number of carbonyl (C=O) groups is 1. The van der Waals surface area contributed by atoms with E-state index in [0.29, 0.717) is 16.7 Å². The Hall–Kier alpha value is -2.30. The van der Waals surface area contributed by atoms with Gasteiger partial charge in [0.1, 0.15) is 22.9 Å². The smallest absolute Gasteiger partial charge is 0.339 e. The van der Waals surface area contributed by atoms with E-state index < -0.39 is 5.63 Å². The summed E-state index contributed by atoms with van der Waals surface area (Å²) in [5, 5.41) is 10.2. The van der Waals surface area contributed by atoms with Crippen LogP contribution in [0.1, 0.15) is 19.4 Å². The third-order valence-electron chi connectivity index (χ3n) is 3.17. The zero-order valence-corrected chi connectivity index (χ0v) is 11.6. The summed E-state index contributed by atoms with van der Waals surface area (Å²) in [7, 11) is 1.48. The number of Topliss-reactive ketones (excluding diaryl/α,β-unsaturated/α-hetero) is 1. The predicted molar refractivity (Wildman–Crippen MR) is 74.2 cm³/mol. The fraction of sp³-hybridized carbons (Fsp3) is 0.333. The van der Waals surface area contributed by atoms with Crippen molar-refractivity contribution in [2.75, 3.05) is 7.11 Å². The Bertz CT molecular complexity index is 712. The molecular formula is C15H16O5. The van der Waals surface area contributed by atoms with Crippen molar-refractivity contribution in [1.82, 2.24) is 0 Å². The standard InChI is InChI=1S/C15H16O5/c1-8(2)11(16)6-10-13(19-3)5-4-9-12(17)7-14(18)20-15(9)10/h4-5,7-8,17H,6H2,1-3H3. The molecule has 0 radical (unpaired) electrons. The minimum Gasteiger partial charge on any atom is -0.507 e. The second kappa shape index (κ2) is 5.36. The summed E-state index contributed by atoms with van der Waals surface area (Å²) < 4.78 is 10.4. The Morgan fingerprint density at radius 1 is 1.40 bits per heavy atom. The van der Waals surface area contributed by atoms with Crippen LogP contribution in [0.5, 0.6) is 11.5 Å². The number of carbonyl (C=O) groups excluding carboxylic acids is 1. The van der Waals surface area contributed by atoms with Gasteiger partial charge in [0.25, 0.3) is 0 Å². The lowest BCUT2D eigenvalue weighted by atomic mass is 9.98. The van der Waals surface area contributed by atoms with Gasteiger partial charge in [-0.3, -0.25) is 4.79 Å². The van der Waals surface area contributed by atoms with Crippen LogP contribution in [0.3, 0.4) is 0 Å². The van der Waals surface area contributed by atoms with E-state index in [1.54, 1.807) is 26.0 Å².